The van der Waals surface area contributed by atoms with Gasteiger partial charge >= 0.3 is 0 Å². The van der Waals surface area contributed by atoms with Crippen LogP contribution in [0.25, 0.3) is 0 Å². The number of thiophene rings is 1. The van der Waals surface area contributed by atoms with Gasteiger partial charge in [-0.05, 0) is 13.3 Å². The van der Waals surface area contributed by atoms with Gasteiger partial charge in [0.25, 0.3) is 17.7 Å². The van der Waals surface area contributed by atoms with Crippen LogP contribution in [0.3, 0.4) is 0 Å². The van der Waals surface area contributed by atoms with Gasteiger partial charge in [0.15, 0.2) is 0 Å². The van der Waals surface area contributed by atoms with E-state index in [-0.39, 0.29) is 18.7 Å². The van der Waals surface area contributed by atoms with Crippen molar-refractivity contribution in [2.24, 2.45) is 0 Å². The monoisotopic (exact) mass is 292 g/mol. The normalized spacial score (nSPS) is 26.5. The molecule has 0 aromatic carbocycles. The molecule has 1 aromatic heterocycles. The molecule has 1 atom stereocenters. The van der Waals surface area contributed by atoms with Crippen LogP contribution in [0.15, 0.2) is 10.8 Å². The van der Waals surface area contributed by atoms with Crippen molar-refractivity contribution in [3.05, 3.63) is 21.9 Å². The van der Waals surface area contributed by atoms with Gasteiger partial charge < -0.3 is 0 Å². The van der Waals surface area contributed by atoms with Gasteiger partial charge in [0, 0.05) is 24.2 Å². The van der Waals surface area contributed by atoms with Crippen molar-refractivity contribution in [3.8, 4) is 0 Å². The number of rotatable bonds is 1. The number of piperidine rings is 1. The van der Waals surface area contributed by atoms with Crippen LogP contribution in [0, 0.1) is 0 Å². The van der Waals surface area contributed by atoms with Crippen LogP contribution >= 0.6 is 11.3 Å². The third-order valence-corrected chi connectivity index (χ3v) is 4.73. The predicted octanol–water partition coefficient (Wildman–Crippen LogP) is 0.882. The molecule has 1 unspecified atom stereocenters. The summed E-state index contributed by atoms with van der Waals surface area (Å²) in [5.74, 6) is -1.71. The van der Waals surface area contributed by atoms with Crippen LogP contribution in [-0.4, -0.2) is 46.0 Å². The second kappa shape index (κ2) is 3.99. The molecule has 4 amide bonds. The van der Waals surface area contributed by atoms with Gasteiger partial charge in [-0.15, -0.1) is 0 Å². The van der Waals surface area contributed by atoms with E-state index in [9.17, 15) is 19.2 Å². The first-order valence-corrected chi connectivity index (χ1v) is 7.08. The highest BCUT2D eigenvalue weighted by Crippen LogP contribution is 2.36. The zero-order valence-corrected chi connectivity index (χ0v) is 11.8. The van der Waals surface area contributed by atoms with Gasteiger partial charge in [0.05, 0.1) is 11.1 Å². The Morgan fingerprint density at radius 2 is 1.65 bits per heavy atom. The Labute approximate surface area is 119 Å². The zero-order valence-electron chi connectivity index (χ0n) is 11.0. The highest BCUT2D eigenvalue weighted by molar-refractivity contribution is 7.08. The van der Waals surface area contributed by atoms with E-state index < -0.39 is 23.3 Å². The molecule has 3 heterocycles. The summed E-state index contributed by atoms with van der Waals surface area (Å²) < 4.78 is 0. The van der Waals surface area contributed by atoms with E-state index >= 15 is 0 Å². The summed E-state index contributed by atoms with van der Waals surface area (Å²) in [7, 11) is 1.38. The molecular weight excluding hydrogens is 280 g/mol. The second-order valence-electron chi connectivity index (χ2n) is 5.18. The van der Waals surface area contributed by atoms with Gasteiger partial charge in [0.1, 0.15) is 5.54 Å². The van der Waals surface area contributed by atoms with Crippen LogP contribution in [0.1, 0.15) is 40.5 Å². The molecule has 1 saturated heterocycles. The largest absolute Gasteiger partial charge is 0.284 e. The Hall–Kier alpha value is -2.02. The Kier molecular flexibility index (Phi) is 2.59. The van der Waals surface area contributed by atoms with Crippen molar-refractivity contribution < 1.29 is 19.2 Å². The number of nitrogens with zero attached hydrogens (tertiary/aromatic N) is 2. The Morgan fingerprint density at radius 1 is 1.10 bits per heavy atom. The van der Waals surface area contributed by atoms with E-state index in [1.807, 2.05) is 0 Å². The standard InChI is InChI=1S/C13H12N2O4S/c1-13(4-3-9(16)14(2)12(13)19)15-10(17)7-5-20-6-8(7)11(15)18/h5-6H,3-4H2,1-2H3. The molecule has 1 aromatic rings. The fourth-order valence-corrected chi connectivity index (χ4v) is 3.51. The summed E-state index contributed by atoms with van der Waals surface area (Å²) in [4.78, 5) is 50.7. The minimum Gasteiger partial charge on any atom is -0.284 e. The van der Waals surface area contributed by atoms with Gasteiger partial charge in [0.2, 0.25) is 5.91 Å². The molecule has 7 heteroatoms. The van der Waals surface area contributed by atoms with Crippen LogP contribution in [0.5, 0.6) is 0 Å². The summed E-state index contributed by atoms with van der Waals surface area (Å²) in [5.41, 5.74) is -0.602. The quantitative estimate of drug-likeness (QED) is 0.720. The summed E-state index contributed by atoms with van der Waals surface area (Å²) >= 11 is 1.28. The number of carbonyl (C=O) groups excluding carboxylic acids is 4. The first kappa shape index (κ1) is 13.0. The van der Waals surface area contributed by atoms with Crippen LogP contribution in [0.4, 0.5) is 0 Å². The number of fused-ring (bicyclic) bond motifs is 1. The van der Waals surface area contributed by atoms with Crippen molar-refractivity contribution >= 4 is 35.0 Å². The van der Waals surface area contributed by atoms with Gasteiger partial charge in [-0.25, -0.2) is 0 Å². The first-order valence-electron chi connectivity index (χ1n) is 6.14. The second-order valence-corrected chi connectivity index (χ2v) is 5.92. The molecule has 0 spiro atoms. The van der Waals surface area contributed by atoms with E-state index in [0.29, 0.717) is 11.1 Å². The Morgan fingerprint density at radius 3 is 2.20 bits per heavy atom. The number of carbonyl (C=O) groups is 4. The minimum absolute atomic E-state index is 0.142. The highest BCUT2D eigenvalue weighted by atomic mass is 32.1. The lowest BCUT2D eigenvalue weighted by atomic mass is 9.88. The average molecular weight is 292 g/mol. The SMILES string of the molecule is CN1C(=O)CCC(C)(N2C(=O)c3cscc3C2=O)C1=O. The molecule has 6 nitrogen and oxygen atoms in total. The average Bonchev–Trinajstić information content (AvgIpc) is 2.98. The van der Waals surface area contributed by atoms with Crippen LogP contribution < -0.4 is 0 Å². The molecular formula is C13H12N2O4S. The molecule has 20 heavy (non-hydrogen) atoms. The molecule has 0 saturated carbocycles. The van der Waals surface area contributed by atoms with Crippen molar-refractivity contribution in [2.45, 2.75) is 25.3 Å². The third kappa shape index (κ3) is 1.44. The number of hydrogen-bond donors (Lipinski definition) is 0. The zero-order chi connectivity index (χ0) is 14.7. The van der Waals surface area contributed by atoms with Crippen molar-refractivity contribution in [1.29, 1.82) is 0 Å². The molecule has 0 bridgehead atoms. The first-order chi connectivity index (χ1) is 9.38. The van der Waals surface area contributed by atoms with E-state index in [4.69, 9.17) is 0 Å². The number of likely N-dealkylation sites (N-methyl/N-ethyl adjacent to an activating group) is 1. The van der Waals surface area contributed by atoms with Crippen molar-refractivity contribution in [1.82, 2.24) is 9.80 Å². The van der Waals surface area contributed by atoms with E-state index in [0.717, 1.165) is 9.80 Å². The molecule has 104 valence electrons. The lowest BCUT2D eigenvalue weighted by Gasteiger charge is -2.41. The van der Waals surface area contributed by atoms with E-state index in [2.05, 4.69) is 0 Å². The molecule has 2 aliphatic rings. The summed E-state index contributed by atoms with van der Waals surface area (Å²) in [6.07, 6.45) is 0.308. The lowest BCUT2D eigenvalue weighted by molar-refractivity contribution is -0.154. The molecule has 0 N–H and O–H groups in total. The Bertz CT molecular complexity index is 635. The molecule has 1 fully saturated rings. The Balaban J connectivity index is 2.04. The summed E-state index contributed by atoms with van der Waals surface area (Å²) in [6.45, 7) is 1.55. The predicted molar refractivity (Wildman–Crippen MR) is 70.2 cm³/mol. The molecule has 2 aliphatic heterocycles. The molecule has 0 aliphatic carbocycles. The number of imide groups is 2. The number of likely N-dealkylation sites (tertiary alicyclic amines) is 1. The molecule has 3 rings (SSSR count). The van der Waals surface area contributed by atoms with Gasteiger partial charge in [-0.3, -0.25) is 29.0 Å². The van der Waals surface area contributed by atoms with Crippen LogP contribution in [-0.2, 0) is 9.59 Å². The van der Waals surface area contributed by atoms with E-state index in [1.54, 1.807) is 17.7 Å². The maximum absolute atomic E-state index is 12.4. The summed E-state index contributed by atoms with van der Waals surface area (Å²) in [5, 5.41) is 3.22. The third-order valence-electron chi connectivity index (χ3n) is 3.99. The van der Waals surface area contributed by atoms with Crippen molar-refractivity contribution in [2.75, 3.05) is 7.05 Å². The lowest BCUT2D eigenvalue weighted by Crippen LogP contribution is -2.63. The minimum atomic E-state index is -1.28. The van der Waals surface area contributed by atoms with Gasteiger partial charge in [-0.2, -0.15) is 11.3 Å². The topological polar surface area (TPSA) is 74.8 Å². The van der Waals surface area contributed by atoms with Crippen LogP contribution in [0.2, 0.25) is 0 Å². The molecule has 0 radical (unpaired) electrons. The summed E-state index contributed by atoms with van der Waals surface area (Å²) in [6, 6.07) is 0. The fourth-order valence-electron chi connectivity index (χ4n) is 2.72. The van der Waals surface area contributed by atoms with Gasteiger partial charge in [-0.1, -0.05) is 0 Å². The number of hydrogen-bond acceptors (Lipinski definition) is 5. The smallest absolute Gasteiger partial charge is 0.263 e. The maximum atomic E-state index is 12.4. The van der Waals surface area contributed by atoms with Crippen molar-refractivity contribution in [3.63, 3.8) is 0 Å². The highest BCUT2D eigenvalue weighted by Gasteiger charge is 2.54. The number of amides is 4. The maximum Gasteiger partial charge on any atom is 0.263 e. The fraction of sp³-hybridized carbons (Fsp3) is 0.385. The van der Waals surface area contributed by atoms with E-state index in [1.165, 1.54) is 18.4 Å².